The fourth-order valence-corrected chi connectivity index (χ4v) is 2.84. The summed E-state index contributed by atoms with van der Waals surface area (Å²) < 4.78 is 0. The molecule has 26 heavy (non-hydrogen) atoms. The van der Waals surface area contributed by atoms with Crippen LogP contribution in [0.25, 0.3) is 0 Å². The van der Waals surface area contributed by atoms with Gasteiger partial charge in [0.15, 0.2) is 0 Å². The molecular weight excluding hydrogens is 348 g/mol. The smallest absolute Gasteiger partial charge is 0.269 e. The van der Waals surface area contributed by atoms with Gasteiger partial charge in [0.1, 0.15) is 0 Å². The number of unbranched alkanes of at least 4 members (excludes halogenated alkanes) is 6. The van der Waals surface area contributed by atoms with Gasteiger partial charge in [-0.1, -0.05) is 57.0 Å². The third kappa shape index (κ3) is 8.22. The lowest BCUT2D eigenvalue weighted by atomic mass is 10.1. The zero-order valence-corrected chi connectivity index (χ0v) is 17.4. The molecule has 1 aromatic carbocycles. The zero-order valence-electron chi connectivity index (χ0n) is 16.6. The second kappa shape index (κ2) is 11.2. The van der Waals surface area contributed by atoms with Crippen molar-refractivity contribution in [1.29, 1.82) is 0 Å². The maximum Gasteiger partial charge on any atom is 0.269 e. The first-order chi connectivity index (χ1) is 12.3. The summed E-state index contributed by atoms with van der Waals surface area (Å²) in [6.07, 6.45) is 8.56. The van der Waals surface area contributed by atoms with Gasteiger partial charge >= 0.3 is 0 Å². The lowest BCUT2D eigenvalue weighted by Crippen LogP contribution is -2.55. The van der Waals surface area contributed by atoms with Gasteiger partial charge in [-0.15, -0.1) is 0 Å². The number of hydrazine groups is 1. The van der Waals surface area contributed by atoms with Crippen LogP contribution >= 0.6 is 11.6 Å². The summed E-state index contributed by atoms with van der Waals surface area (Å²) in [6.45, 7) is 7.95. The van der Waals surface area contributed by atoms with Crippen LogP contribution in [-0.2, 0) is 4.79 Å². The van der Waals surface area contributed by atoms with E-state index in [0.29, 0.717) is 17.0 Å². The second-order valence-corrected chi connectivity index (χ2v) is 8.16. The van der Waals surface area contributed by atoms with Gasteiger partial charge in [0, 0.05) is 17.0 Å². The molecule has 0 aliphatic carbocycles. The molecule has 0 fully saturated rings. The highest BCUT2D eigenvalue weighted by atomic mass is 35.5. The van der Waals surface area contributed by atoms with Crippen LogP contribution in [-0.4, -0.2) is 22.4 Å². The van der Waals surface area contributed by atoms with Gasteiger partial charge in [-0.25, -0.2) is 5.01 Å². The Labute approximate surface area is 163 Å². The number of rotatable bonds is 9. The predicted molar refractivity (Wildman–Crippen MR) is 108 cm³/mol. The van der Waals surface area contributed by atoms with Crippen molar-refractivity contribution in [3.63, 3.8) is 0 Å². The fourth-order valence-electron chi connectivity index (χ4n) is 2.72. The molecule has 0 unspecified atom stereocenters. The Morgan fingerprint density at radius 3 is 2.04 bits per heavy atom. The minimum Gasteiger partial charge on any atom is -0.273 e. The lowest BCUT2D eigenvalue weighted by Gasteiger charge is -2.35. The van der Waals surface area contributed by atoms with Crippen LogP contribution in [0.15, 0.2) is 24.3 Å². The Hall–Kier alpha value is -1.55. The summed E-state index contributed by atoms with van der Waals surface area (Å²) in [5.74, 6) is -0.349. The maximum atomic E-state index is 12.6. The Balaban J connectivity index is 2.54. The molecule has 0 bridgehead atoms. The van der Waals surface area contributed by atoms with E-state index in [-0.39, 0.29) is 11.8 Å². The van der Waals surface area contributed by atoms with Gasteiger partial charge in [0.05, 0.1) is 5.54 Å². The van der Waals surface area contributed by atoms with Gasteiger partial charge < -0.3 is 0 Å². The summed E-state index contributed by atoms with van der Waals surface area (Å²) in [7, 11) is 0. The first-order valence-electron chi connectivity index (χ1n) is 9.65. The Bertz CT molecular complexity index is 564. The highest BCUT2D eigenvalue weighted by Gasteiger charge is 2.28. The number of benzene rings is 1. The average molecular weight is 381 g/mol. The molecule has 1 aromatic rings. The van der Waals surface area contributed by atoms with Crippen molar-refractivity contribution in [3.8, 4) is 0 Å². The van der Waals surface area contributed by atoms with Crippen LogP contribution < -0.4 is 5.43 Å². The third-order valence-corrected chi connectivity index (χ3v) is 4.49. The van der Waals surface area contributed by atoms with Crippen molar-refractivity contribution in [1.82, 2.24) is 10.4 Å². The van der Waals surface area contributed by atoms with Crippen LogP contribution in [0, 0.1) is 0 Å². The molecule has 146 valence electrons. The van der Waals surface area contributed by atoms with E-state index in [2.05, 4.69) is 12.3 Å². The molecule has 5 heteroatoms. The quantitative estimate of drug-likeness (QED) is 0.437. The van der Waals surface area contributed by atoms with Gasteiger partial charge in [0.2, 0.25) is 5.91 Å². The van der Waals surface area contributed by atoms with E-state index in [4.69, 9.17) is 11.6 Å². The first kappa shape index (κ1) is 22.5. The number of halogens is 1. The largest absolute Gasteiger partial charge is 0.273 e. The molecule has 0 atom stereocenters. The van der Waals surface area contributed by atoms with Gasteiger partial charge in [0.25, 0.3) is 5.91 Å². The molecular formula is C21H33ClN2O2. The lowest BCUT2D eigenvalue weighted by molar-refractivity contribution is -0.139. The predicted octanol–water partition coefficient (Wildman–Crippen LogP) is 5.75. The Morgan fingerprint density at radius 1 is 0.962 bits per heavy atom. The number of carbonyl (C=O) groups excluding carboxylic acids is 2. The topological polar surface area (TPSA) is 49.4 Å². The SMILES string of the molecule is CCCCCCCCCC(=O)N(NC(=O)c1ccc(Cl)cc1)C(C)(C)C. The summed E-state index contributed by atoms with van der Waals surface area (Å²) in [5.41, 5.74) is 2.76. The fraction of sp³-hybridized carbons (Fsp3) is 0.619. The van der Waals surface area contributed by atoms with E-state index in [9.17, 15) is 9.59 Å². The number of nitrogens with one attached hydrogen (secondary N) is 1. The molecule has 1 N–H and O–H groups in total. The van der Waals surface area contributed by atoms with Gasteiger partial charge in [-0.2, -0.15) is 0 Å². The minimum atomic E-state index is -0.486. The summed E-state index contributed by atoms with van der Waals surface area (Å²) in [6, 6.07) is 6.63. The second-order valence-electron chi connectivity index (χ2n) is 7.72. The molecule has 1 rings (SSSR count). The van der Waals surface area contributed by atoms with E-state index in [0.717, 1.165) is 12.8 Å². The van der Waals surface area contributed by atoms with Crippen LogP contribution in [0.3, 0.4) is 0 Å². The number of hydrogen-bond donors (Lipinski definition) is 1. The summed E-state index contributed by atoms with van der Waals surface area (Å²) in [4.78, 5) is 25.1. The number of carbonyl (C=O) groups is 2. The minimum absolute atomic E-state index is 0.0478. The molecule has 4 nitrogen and oxygen atoms in total. The molecule has 0 aliphatic rings. The van der Waals surface area contributed by atoms with Crippen LogP contribution in [0.4, 0.5) is 0 Å². The van der Waals surface area contributed by atoms with Gasteiger partial charge in [-0.3, -0.25) is 15.0 Å². The summed E-state index contributed by atoms with van der Waals surface area (Å²) >= 11 is 5.86. The average Bonchev–Trinajstić information content (AvgIpc) is 2.58. The molecule has 0 radical (unpaired) electrons. The maximum absolute atomic E-state index is 12.6. The normalized spacial score (nSPS) is 11.3. The van der Waals surface area contributed by atoms with Crippen molar-refractivity contribution in [2.75, 3.05) is 0 Å². The Kier molecular flexibility index (Phi) is 9.71. The van der Waals surface area contributed by atoms with Crippen LogP contribution in [0.2, 0.25) is 5.02 Å². The third-order valence-electron chi connectivity index (χ3n) is 4.23. The molecule has 0 heterocycles. The van der Waals surface area contributed by atoms with Crippen LogP contribution in [0.1, 0.15) is 89.4 Å². The monoisotopic (exact) mass is 380 g/mol. The highest BCUT2D eigenvalue weighted by Crippen LogP contribution is 2.16. The molecule has 0 aliphatic heterocycles. The molecule has 0 aromatic heterocycles. The molecule has 0 saturated carbocycles. The van der Waals surface area contributed by atoms with Crippen molar-refractivity contribution >= 4 is 23.4 Å². The number of amides is 2. The number of hydrogen-bond acceptors (Lipinski definition) is 2. The van der Waals surface area contributed by atoms with E-state index < -0.39 is 5.54 Å². The molecule has 0 spiro atoms. The summed E-state index contributed by atoms with van der Waals surface area (Å²) in [5, 5.41) is 2.03. The first-order valence-corrected chi connectivity index (χ1v) is 10.0. The standard InChI is InChI=1S/C21H33ClN2O2/c1-5-6-7-8-9-10-11-12-19(25)24(21(2,3)4)23-20(26)17-13-15-18(22)16-14-17/h13-16H,5-12H2,1-4H3,(H,23,26). The Morgan fingerprint density at radius 2 is 1.50 bits per heavy atom. The zero-order chi connectivity index (χ0) is 19.6. The highest BCUT2D eigenvalue weighted by molar-refractivity contribution is 6.30. The van der Waals surface area contributed by atoms with Crippen molar-refractivity contribution in [2.45, 2.75) is 84.6 Å². The van der Waals surface area contributed by atoms with Crippen molar-refractivity contribution < 1.29 is 9.59 Å². The van der Waals surface area contributed by atoms with E-state index in [1.165, 1.54) is 37.1 Å². The van der Waals surface area contributed by atoms with E-state index in [1.807, 2.05) is 20.8 Å². The molecule has 0 saturated heterocycles. The molecule has 2 amide bonds. The van der Waals surface area contributed by atoms with Crippen molar-refractivity contribution in [3.05, 3.63) is 34.9 Å². The van der Waals surface area contributed by atoms with Gasteiger partial charge in [-0.05, 0) is 51.5 Å². The van der Waals surface area contributed by atoms with E-state index >= 15 is 0 Å². The van der Waals surface area contributed by atoms with Crippen molar-refractivity contribution in [2.24, 2.45) is 0 Å². The number of nitrogens with zero attached hydrogens (tertiary/aromatic N) is 1. The van der Waals surface area contributed by atoms with E-state index in [1.54, 1.807) is 24.3 Å². The van der Waals surface area contributed by atoms with Crippen LogP contribution in [0.5, 0.6) is 0 Å².